The Labute approximate surface area is 122 Å². The molecule has 0 atom stereocenters. The summed E-state index contributed by atoms with van der Waals surface area (Å²) in [7, 11) is -1.60. The molecule has 20 heavy (non-hydrogen) atoms. The van der Waals surface area contributed by atoms with Gasteiger partial charge in [0.2, 0.25) is 10.0 Å². The Morgan fingerprint density at radius 3 is 2.25 bits per heavy atom. The minimum Gasteiger partial charge on any atom is -0.299 e. The summed E-state index contributed by atoms with van der Waals surface area (Å²) >= 11 is 0. The molecule has 0 spiro atoms. The maximum Gasteiger partial charge on any atom is 0.231 e. The number of nitrogens with zero attached hydrogens (tertiary/aromatic N) is 2. The van der Waals surface area contributed by atoms with E-state index in [4.69, 9.17) is 0 Å². The van der Waals surface area contributed by atoms with Crippen LogP contribution in [0.15, 0.2) is 24.3 Å². The van der Waals surface area contributed by atoms with Crippen molar-refractivity contribution in [2.75, 3.05) is 30.7 Å². The highest BCUT2D eigenvalue weighted by Gasteiger charge is 2.16. The molecule has 0 aliphatic carbocycles. The molecule has 0 amide bonds. The number of piperidine rings is 1. The third kappa shape index (κ3) is 3.96. The molecule has 1 aromatic rings. The molecule has 0 unspecified atom stereocenters. The van der Waals surface area contributed by atoms with E-state index >= 15 is 0 Å². The predicted octanol–water partition coefficient (Wildman–Crippen LogP) is 2.31. The molecular weight excluding hydrogens is 272 g/mol. The van der Waals surface area contributed by atoms with Gasteiger partial charge in [-0.05, 0) is 49.5 Å². The van der Waals surface area contributed by atoms with E-state index < -0.39 is 10.0 Å². The SMILES string of the molecule is CC1CCN(Cc2ccc(N(C)S(C)(=O)=O)cc2)CC1. The van der Waals surface area contributed by atoms with Crippen LogP contribution in [-0.4, -0.2) is 39.7 Å². The van der Waals surface area contributed by atoms with Gasteiger partial charge in [0.05, 0.1) is 11.9 Å². The minimum atomic E-state index is -3.18. The van der Waals surface area contributed by atoms with E-state index in [1.165, 1.54) is 29.0 Å². The smallest absolute Gasteiger partial charge is 0.231 e. The molecule has 5 heteroatoms. The standard InChI is InChI=1S/C15H24N2O2S/c1-13-8-10-17(11-9-13)12-14-4-6-15(7-5-14)16(2)20(3,18)19/h4-7,13H,8-12H2,1-3H3. The van der Waals surface area contributed by atoms with E-state index in [0.717, 1.165) is 25.6 Å². The number of sulfonamides is 1. The summed E-state index contributed by atoms with van der Waals surface area (Å²) in [5.41, 5.74) is 1.95. The number of hydrogen-bond acceptors (Lipinski definition) is 3. The lowest BCUT2D eigenvalue weighted by Crippen LogP contribution is -2.32. The van der Waals surface area contributed by atoms with E-state index in [9.17, 15) is 8.42 Å². The van der Waals surface area contributed by atoms with Crippen LogP contribution in [0.1, 0.15) is 25.3 Å². The number of anilines is 1. The van der Waals surface area contributed by atoms with Crippen LogP contribution in [0.4, 0.5) is 5.69 Å². The topological polar surface area (TPSA) is 40.6 Å². The lowest BCUT2D eigenvalue weighted by Gasteiger charge is -2.30. The van der Waals surface area contributed by atoms with Crippen molar-refractivity contribution in [3.63, 3.8) is 0 Å². The van der Waals surface area contributed by atoms with Gasteiger partial charge < -0.3 is 0 Å². The van der Waals surface area contributed by atoms with Gasteiger partial charge in [0.25, 0.3) is 0 Å². The monoisotopic (exact) mass is 296 g/mol. The summed E-state index contributed by atoms with van der Waals surface area (Å²) in [6, 6.07) is 7.80. The van der Waals surface area contributed by atoms with Gasteiger partial charge in [0.15, 0.2) is 0 Å². The zero-order valence-electron chi connectivity index (χ0n) is 12.5. The average Bonchev–Trinajstić information content (AvgIpc) is 2.40. The summed E-state index contributed by atoms with van der Waals surface area (Å²) in [4.78, 5) is 2.47. The second-order valence-electron chi connectivity index (χ2n) is 5.86. The molecule has 2 rings (SSSR count). The van der Waals surface area contributed by atoms with E-state index in [-0.39, 0.29) is 0 Å². The normalized spacial score (nSPS) is 18.1. The molecule has 1 aliphatic rings. The van der Waals surface area contributed by atoms with E-state index in [1.54, 1.807) is 7.05 Å². The van der Waals surface area contributed by atoms with E-state index in [0.29, 0.717) is 5.69 Å². The quantitative estimate of drug-likeness (QED) is 0.856. The van der Waals surface area contributed by atoms with Crippen molar-refractivity contribution >= 4 is 15.7 Å². The molecule has 0 saturated carbocycles. The van der Waals surface area contributed by atoms with Crippen LogP contribution in [0.25, 0.3) is 0 Å². The molecule has 1 fully saturated rings. The van der Waals surface area contributed by atoms with Gasteiger partial charge in [-0.1, -0.05) is 19.1 Å². The van der Waals surface area contributed by atoms with Crippen molar-refractivity contribution in [3.8, 4) is 0 Å². The maximum atomic E-state index is 11.5. The number of rotatable bonds is 4. The van der Waals surface area contributed by atoms with Gasteiger partial charge in [0.1, 0.15) is 0 Å². The van der Waals surface area contributed by atoms with Crippen molar-refractivity contribution < 1.29 is 8.42 Å². The zero-order valence-corrected chi connectivity index (χ0v) is 13.4. The first-order valence-electron chi connectivity index (χ1n) is 7.11. The van der Waals surface area contributed by atoms with Crippen molar-refractivity contribution in [1.82, 2.24) is 4.90 Å². The van der Waals surface area contributed by atoms with Gasteiger partial charge >= 0.3 is 0 Å². The summed E-state index contributed by atoms with van der Waals surface area (Å²) in [5.74, 6) is 0.844. The third-order valence-electron chi connectivity index (χ3n) is 4.08. The fourth-order valence-corrected chi connectivity index (χ4v) is 2.99. The van der Waals surface area contributed by atoms with Crippen molar-refractivity contribution in [3.05, 3.63) is 29.8 Å². The third-order valence-corrected chi connectivity index (χ3v) is 5.29. The first kappa shape index (κ1) is 15.3. The van der Waals surface area contributed by atoms with Gasteiger partial charge in [0, 0.05) is 13.6 Å². The highest BCUT2D eigenvalue weighted by molar-refractivity contribution is 7.92. The highest BCUT2D eigenvalue weighted by atomic mass is 32.2. The number of benzene rings is 1. The van der Waals surface area contributed by atoms with Crippen LogP contribution in [0.2, 0.25) is 0 Å². The summed E-state index contributed by atoms with van der Waals surface area (Å²) in [6.45, 7) is 5.58. The molecule has 1 heterocycles. The minimum absolute atomic E-state index is 0.712. The first-order chi connectivity index (χ1) is 9.36. The second-order valence-corrected chi connectivity index (χ2v) is 7.87. The molecule has 0 bridgehead atoms. The van der Waals surface area contributed by atoms with Crippen LogP contribution in [0.5, 0.6) is 0 Å². The Kier molecular flexibility index (Phi) is 4.70. The average molecular weight is 296 g/mol. The first-order valence-corrected chi connectivity index (χ1v) is 8.96. The number of likely N-dealkylation sites (tertiary alicyclic amines) is 1. The lowest BCUT2D eigenvalue weighted by atomic mass is 9.99. The fourth-order valence-electron chi connectivity index (χ4n) is 2.48. The molecule has 1 aliphatic heterocycles. The summed E-state index contributed by atoms with van der Waals surface area (Å²) in [5, 5.41) is 0. The van der Waals surface area contributed by atoms with Crippen molar-refractivity contribution in [2.24, 2.45) is 5.92 Å². The summed E-state index contributed by atoms with van der Waals surface area (Å²) in [6.07, 6.45) is 3.76. The molecule has 4 nitrogen and oxygen atoms in total. The number of hydrogen-bond donors (Lipinski definition) is 0. The molecule has 1 aromatic carbocycles. The molecule has 0 aromatic heterocycles. The lowest BCUT2D eigenvalue weighted by molar-refractivity contribution is 0.185. The van der Waals surface area contributed by atoms with E-state index in [1.807, 2.05) is 24.3 Å². The Morgan fingerprint density at radius 1 is 1.20 bits per heavy atom. The zero-order chi connectivity index (χ0) is 14.8. The van der Waals surface area contributed by atoms with Crippen LogP contribution >= 0.6 is 0 Å². The summed E-state index contributed by atoms with van der Waals surface area (Å²) < 4.78 is 24.3. The van der Waals surface area contributed by atoms with Crippen LogP contribution in [0.3, 0.4) is 0 Å². The molecule has 112 valence electrons. The predicted molar refractivity (Wildman–Crippen MR) is 83.4 cm³/mol. The van der Waals surface area contributed by atoms with Crippen LogP contribution < -0.4 is 4.31 Å². The molecular formula is C15H24N2O2S. The van der Waals surface area contributed by atoms with Gasteiger partial charge in [-0.25, -0.2) is 8.42 Å². The van der Waals surface area contributed by atoms with Gasteiger partial charge in [-0.15, -0.1) is 0 Å². The van der Waals surface area contributed by atoms with E-state index in [2.05, 4.69) is 11.8 Å². The Balaban J connectivity index is 1.98. The Bertz CT molecular complexity index is 531. The van der Waals surface area contributed by atoms with Crippen molar-refractivity contribution in [2.45, 2.75) is 26.3 Å². The van der Waals surface area contributed by atoms with Crippen LogP contribution in [0, 0.1) is 5.92 Å². The van der Waals surface area contributed by atoms with Gasteiger partial charge in [-0.2, -0.15) is 0 Å². The largest absolute Gasteiger partial charge is 0.299 e. The van der Waals surface area contributed by atoms with Crippen molar-refractivity contribution in [1.29, 1.82) is 0 Å². The fraction of sp³-hybridized carbons (Fsp3) is 0.600. The maximum absolute atomic E-state index is 11.5. The van der Waals surface area contributed by atoms with Crippen LogP contribution in [-0.2, 0) is 16.6 Å². The molecule has 0 radical (unpaired) electrons. The van der Waals surface area contributed by atoms with Gasteiger partial charge in [-0.3, -0.25) is 9.21 Å². The highest BCUT2D eigenvalue weighted by Crippen LogP contribution is 2.20. The Hall–Kier alpha value is -1.07. The Morgan fingerprint density at radius 2 is 1.75 bits per heavy atom. The molecule has 0 N–H and O–H groups in total. The second kappa shape index (κ2) is 6.14. The molecule has 1 saturated heterocycles.